The van der Waals surface area contributed by atoms with E-state index in [0.29, 0.717) is 0 Å². The predicted octanol–water partition coefficient (Wildman–Crippen LogP) is 5.13. The minimum Gasteiger partial charge on any atom is -0.381 e. The molecule has 0 N–H and O–H groups in total. The van der Waals surface area contributed by atoms with Gasteiger partial charge in [0.2, 0.25) is 0 Å². The Morgan fingerprint density at radius 3 is 2.17 bits per heavy atom. The number of hydrogen-bond donors (Lipinski definition) is 0. The Morgan fingerprint density at radius 2 is 1.52 bits per heavy atom. The lowest BCUT2D eigenvalue weighted by atomic mass is 10.1. The van der Waals surface area contributed by atoms with Crippen LogP contribution in [0.5, 0.6) is 0 Å². The summed E-state index contributed by atoms with van der Waals surface area (Å²) < 4.78 is 5.69. The SMILES string of the molecule is O=CCCCCCCCCCCCOCCCc1cccnc1. The van der Waals surface area contributed by atoms with Gasteiger partial charge in [0.1, 0.15) is 6.29 Å². The number of carbonyl (C=O) groups excluding carboxylic acids is 1. The molecule has 0 aliphatic rings. The van der Waals surface area contributed by atoms with Gasteiger partial charge in [-0.25, -0.2) is 0 Å². The molecule has 0 spiro atoms. The van der Waals surface area contributed by atoms with E-state index in [-0.39, 0.29) is 0 Å². The Labute approximate surface area is 141 Å². The lowest BCUT2D eigenvalue weighted by Gasteiger charge is -2.05. The minimum atomic E-state index is 0.738. The molecule has 0 radical (unpaired) electrons. The van der Waals surface area contributed by atoms with E-state index in [0.717, 1.165) is 45.2 Å². The topological polar surface area (TPSA) is 39.2 Å². The van der Waals surface area contributed by atoms with Crippen molar-refractivity contribution in [3.05, 3.63) is 30.1 Å². The van der Waals surface area contributed by atoms with Crippen molar-refractivity contribution < 1.29 is 9.53 Å². The van der Waals surface area contributed by atoms with E-state index >= 15 is 0 Å². The summed E-state index contributed by atoms with van der Waals surface area (Å²) in [7, 11) is 0. The van der Waals surface area contributed by atoms with Gasteiger partial charge in [-0.2, -0.15) is 0 Å². The molecule has 3 nitrogen and oxygen atoms in total. The largest absolute Gasteiger partial charge is 0.381 e. The monoisotopic (exact) mass is 319 g/mol. The van der Waals surface area contributed by atoms with Gasteiger partial charge in [0.25, 0.3) is 0 Å². The van der Waals surface area contributed by atoms with Crippen molar-refractivity contribution >= 4 is 6.29 Å². The third-order valence-corrected chi connectivity index (χ3v) is 4.09. The Morgan fingerprint density at radius 1 is 0.870 bits per heavy atom. The number of nitrogens with zero attached hydrogens (tertiary/aromatic N) is 1. The van der Waals surface area contributed by atoms with Gasteiger partial charge in [0.15, 0.2) is 0 Å². The summed E-state index contributed by atoms with van der Waals surface area (Å²) in [4.78, 5) is 14.3. The van der Waals surface area contributed by atoms with Crippen LogP contribution in [0.1, 0.15) is 76.2 Å². The maximum atomic E-state index is 10.2. The van der Waals surface area contributed by atoms with Crippen LogP contribution in [0, 0.1) is 0 Å². The fourth-order valence-corrected chi connectivity index (χ4v) is 2.70. The second-order valence-electron chi connectivity index (χ2n) is 6.21. The maximum Gasteiger partial charge on any atom is 0.119 e. The summed E-state index contributed by atoms with van der Waals surface area (Å²) in [6, 6.07) is 4.11. The Hall–Kier alpha value is -1.22. The third-order valence-electron chi connectivity index (χ3n) is 4.09. The summed E-state index contributed by atoms with van der Waals surface area (Å²) in [5, 5.41) is 0. The second kappa shape index (κ2) is 15.7. The van der Waals surface area contributed by atoms with Gasteiger partial charge in [-0.3, -0.25) is 4.98 Å². The zero-order chi connectivity index (χ0) is 16.4. The Balaban J connectivity index is 1.72. The van der Waals surface area contributed by atoms with E-state index in [1.165, 1.54) is 56.9 Å². The fraction of sp³-hybridized carbons (Fsp3) is 0.700. The number of rotatable bonds is 16. The summed E-state index contributed by atoms with van der Waals surface area (Å²) in [6.07, 6.45) is 19.0. The quantitative estimate of drug-likeness (QED) is 0.313. The van der Waals surface area contributed by atoms with Gasteiger partial charge in [0, 0.05) is 32.0 Å². The number of aromatic nitrogens is 1. The zero-order valence-electron chi connectivity index (χ0n) is 14.5. The molecule has 3 heteroatoms. The molecule has 0 atom stereocenters. The molecule has 0 bridgehead atoms. The van der Waals surface area contributed by atoms with Crippen LogP contribution in [-0.2, 0) is 16.0 Å². The fourth-order valence-electron chi connectivity index (χ4n) is 2.70. The summed E-state index contributed by atoms with van der Waals surface area (Å²) >= 11 is 0. The predicted molar refractivity (Wildman–Crippen MR) is 95.6 cm³/mol. The summed E-state index contributed by atoms with van der Waals surface area (Å²) in [5.74, 6) is 0. The molecule has 1 heterocycles. The van der Waals surface area contributed by atoms with Gasteiger partial charge in [-0.1, -0.05) is 51.0 Å². The minimum absolute atomic E-state index is 0.738. The molecular weight excluding hydrogens is 286 g/mol. The average Bonchev–Trinajstić information content (AvgIpc) is 2.59. The molecule has 0 saturated carbocycles. The highest BCUT2D eigenvalue weighted by atomic mass is 16.5. The third kappa shape index (κ3) is 13.0. The van der Waals surface area contributed by atoms with E-state index < -0.39 is 0 Å². The highest BCUT2D eigenvalue weighted by molar-refractivity contribution is 5.48. The zero-order valence-corrected chi connectivity index (χ0v) is 14.5. The van der Waals surface area contributed by atoms with Crippen molar-refractivity contribution in [1.82, 2.24) is 4.98 Å². The average molecular weight is 319 g/mol. The second-order valence-corrected chi connectivity index (χ2v) is 6.21. The molecule has 0 aliphatic heterocycles. The van der Waals surface area contributed by atoms with Crippen molar-refractivity contribution in [2.24, 2.45) is 0 Å². The molecule has 0 aromatic carbocycles. The smallest absolute Gasteiger partial charge is 0.119 e. The molecule has 0 saturated heterocycles. The number of ether oxygens (including phenoxy) is 1. The van der Waals surface area contributed by atoms with Crippen LogP contribution in [0.3, 0.4) is 0 Å². The van der Waals surface area contributed by atoms with Gasteiger partial charge in [-0.15, -0.1) is 0 Å². The van der Waals surface area contributed by atoms with E-state index in [4.69, 9.17) is 4.74 Å². The number of pyridine rings is 1. The molecule has 0 aliphatic carbocycles. The van der Waals surface area contributed by atoms with E-state index in [9.17, 15) is 4.79 Å². The van der Waals surface area contributed by atoms with Crippen LogP contribution in [0.25, 0.3) is 0 Å². The van der Waals surface area contributed by atoms with Crippen LogP contribution in [0.2, 0.25) is 0 Å². The van der Waals surface area contributed by atoms with Crippen molar-refractivity contribution in [2.45, 2.75) is 77.0 Å². The first-order valence-corrected chi connectivity index (χ1v) is 9.34. The van der Waals surface area contributed by atoms with Gasteiger partial charge in [0.05, 0.1) is 0 Å². The van der Waals surface area contributed by atoms with Crippen LogP contribution < -0.4 is 0 Å². The van der Waals surface area contributed by atoms with Crippen LogP contribution in [0.15, 0.2) is 24.5 Å². The standard InChI is InChI=1S/C20H33NO2/c22-16-9-7-5-3-1-2-4-6-8-10-17-23-18-12-14-20-13-11-15-21-19-20/h11,13,15-16,19H,1-10,12,14,17-18H2. The Kier molecular flexibility index (Phi) is 13.5. The van der Waals surface area contributed by atoms with E-state index in [1.807, 2.05) is 18.5 Å². The first-order chi connectivity index (χ1) is 11.4. The first-order valence-electron chi connectivity index (χ1n) is 9.34. The highest BCUT2D eigenvalue weighted by Gasteiger charge is 1.95. The normalized spacial score (nSPS) is 10.8. The van der Waals surface area contributed by atoms with E-state index in [1.54, 1.807) is 0 Å². The van der Waals surface area contributed by atoms with Crippen molar-refractivity contribution in [2.75, 3.05) is 13.2 Å². The number of aldehydes is 1. The van der Waals surface area contributed by atoms with E-state index in [2.05, 4.69) is 11.1 Å². The number of carbonyl (C=O) groups is 1. The summed E-state index contributed by atoms with van der Waals surface area (Å²) in [5.41, 5.74) is 1.29. The van der Waals surface area contributed by atoms with Crippen LogP contribution in [-0.4, -0.2) is 24.5 Å². The molecule has 1 aromatic rings. The molecule has 0 amide bonds. The highest BCUT2D eigenvalue weighted by Crippen LogP contribution is 2.10. The molecule has 130 valence electrons. The lowest BCUT2D eigenvalue weighted by molar-refractivity contribution is -0.107. The van der Waals surface area contributed by atoms with Gasteiger partial charge in [-0.05, 0) is 37.3 Å². The van der Waals surface area contributed by atoms with Crippen molar-refractivity contribution in [3.63, 3.8) is 0 Å². The van der Waals surface area contributed by atoms with Crippen molar-refractivity contribution in [3.8, 4) is 0 Å². The van der Waals surface area contributed by atoms with Crippen molar-refractivity contribution in [1.29, 1.82) is 0 Å². The molecule has 0 unspecified atom stereocenters. The Bertz CT molecular complexity index is 367. The molecular formula is C20H33NO2. The van der Waals surface area contributed by atoms with Gasteiger partial charge < -0.3 is 9.53 Å². The van der Waals surface area contributed by atoms with Crippen LogP contribution in [0.4, 0.5) is 0 Å². The maximum absolute atomic E-state index is 10.2. The first kappa shape index (κ1) is 19.8. The molecule has 1 rings (SSSR count). The molecule has 23 heavy (non-hydrogen) atoms. The number of aryl methyl sites for hydroxylation is 1. The van der Waals surface area contributed by atoms with Crippen LogP contribution >= 0.6 is 0 Å². The summed E-state index contributed by atoms with van der Waals surface area (Å²) in [6.45, 7) is 1.76. The number of hydrogen-bond acceptors (Lipinski definition) is 3. The number of unbranched alkanes of at least 4 members (excludes halogenated alkanes) is 9. The molecule has 1 aromatic heterocycles. The lowest BCUT2D eigenvalue weighted by Crippen LogP contribution is -1.99. The molecule has 0 fully saturated rings. The van der Waals surface area contributed by atoms with Gasteiger partial charge >= 0.3 is 0 Å².